The number of fused-ring (bicyclic) bond motifs is 2. The molecule has 2 aromatic carbocycles. The van der Waals surface area contributed by atoms with Gasteiger partial charge in [0.15, 0.2) is 0 Å². The van der Waals surface area contributed by atoms with Crippen LogP contribution in [-0.4, -0.2) is 96.2 Å². The predicted molar refractivity (Wildman–Crippen MR) is 261 cm³/mol. The number of benzene rings is 2. The fourth-order valence-electron chi connectivity index (χ4n) is 12.6. The summed E-state index contributed by atoms with van der Waals surface area (Å²) in [6.07, 6.45) is 15.1. The first-order chi connectivity index (χ1) is 33.2. The van der Waals surface area contributed by atoms with Gasteiger partial charge in [0.1, 0.15) is 17.9 Å². The van der Waals surface area contributed by atoms with Gasteiger partial charge in [-0.2, -0.15) is 15.5 Å². The number of pyridine rings is 1. The van der Waals surface area contributed by atoms with Crippen molar-refractivity contribution in [2.75, 3.05) is 37.7 Å². The minimum Gasteiger partial charge on any atom is -0.489 e. The lowest BCUT2D eigenvalue weighted by molar-refractivity contribution is -0.164. The van der Waals surface area contributed by atoms with Crippen molar-refractivity contribution >= 4 is 40.1 Å². The van der Waals surface area contributed by atoms with Crippen molar-refractivity contribution in [3.05, 3.63) is 101 Å². The Balaban J connectivity index is 0.672. The van der Waals surface area contributed by atoms with E-state index < -0.39 is 0 Å². The van der Waals surface area contributed by atoms with Gasteiger partial charge in [0.2, 0.25) is 11.9 Å². The fraction of sp³-hybridized carbons (Fsp3) is 0.472. The maximum absolute atomic E-state index is 13.5. The molecular formula is C53H58ClN11O4. The Morgan fingerprint density at radius 3 is 2.48 bits per heavy atom. The zero-order valence-electron chi connectivity index (χ0n) is 39.9. The van der Waals surface area contributed by atoms with E-state index in [9.17, 15) is 14.9 Å². The zero-order chi connectivity index (χ0) is 47.8. The molecule has 0 radical (unpaired) electrons. The highest BCUT2D eigenvalue weighted by atomic mass is 35.5. The number of ether oxygens (including phenoxy) is 2. The molecule has 4 aromatic heterocycles. The maximum atomic E-state index is 13.5. The third-order valence-electron chi connectivity index (χ3n) is 15.9. The number of halogens is 1. The number of aromatic nitrogens is 7. The fourth-order valence-corrected chi connectivity index (χ4v) is 12.8. The molecule has 0 atom stereocenters. The van der Waals surface area contributed by atoms with E-state index in [2.05, 4.69) is 89.1 Å². The summed E-state index contributed by atoms with van der Waals surface area (Å²) >= 11 is 6.27. The van der Waals surface area contributed by atoms with Gasteiger partial charge in [-0.1, -0.05) is 57.5 Å². The average Bonchev–Trinajstić information content (AvgIpc) is 3.96. The standard InChI is InChI=1S/C53H58ClN11O4/c1-32(66)62-15-12-45-42(29-62)46(61-65(45)38-13-17-68-18-14-38)40-8-6-7-34-19-44(56-27-41(34)40)37-26-59-64(28-37)16-11-33-21-53(22-33)30-63(31-53)50-57-24-36(25-58-50)47(67)60-48-51(2,3)49(52(48,4)5)69-39-10-9-35(23-55)43(54)20-39/h6-10,19-20,24-28,33,38,48-49H,11-18,21-22,29-31H2,1-5H3,(H,60,67). The van der Waals surface area contributed by atoms with Crippen molar-refractivity contribution in [1.29, 1.82) is 5.26 Å². The Morgan fingerprint density at radius 2 is 1.75 bits per heavy atom. The number of nitriles is 1. The first-order valence-corrected chi connectivity index (χ1v) is 24.7. The van der Waals surface area contributed by atoms with Crippen LogP contribution >= 0.6 is 11.6 Å². The smallest absolute Gasteiger partial charge is 0.254 e. The molecule has 1 spiro atoms. The van der Waals surface area contributed by atoms with E-state index in [-0.39, 0.29) is 34.8 Å². The minimum atomic E-state index is -0.377. The maximum Gasteiger partial charge on any atom is 0.254 e. The molecule has 2 amide bonds. The van der Waals surface area contributed by atoms with E-state index in [0.717, 1.165) is 97.4 Å². The summed E-state index contributed by atoms with van der Waals surface area (Å²) in [7, 11) is 0. The second-order valence-electron chi connectivity index (χ2n) is 21.3. The van der Waals surface area contributed by atoms with E-state index in [1.54, 1.807) is 37.5 Å². The monoisotopic (exact) mass is 947 g/mol. The summed E-state index contributed by atoms with van der Waals surface area (Å²) in [5.41, 5.74) is 6.61. The summed E-state index contributed by atoms with van der Waals surface area (Å²) in [6, 6.07) is 15.8. The van der Waals surface area contributed by atoms with Crippen LogP contribution in [0.15, 0.2) is 73.4 Å². The topological polar surface area (TPSA) is 169 Å². The molecule has 356 valence electrons. The van der Waals surface area contributed by atoms with Gasteiger partial charge in [0.05, 0.1) is 39.8 Å². The van der Waals surface area contributed by atoms with Gasteiger partial charge in [-0.25, -0.2) is 9.97 Å². The molecule has 5 aliphatic rings. The molecule has 15 nitrogen and oxygen atoms in total. The Hall–Kier alpha value is -6.37. The third kappa shape index (κ3) is 8.09. The van der Waals surface area contributed by atoms with Crippen molar-refractivity contribution in [3.63, 3.8) is 0 Å². The predicted octanol–water partition coefficient (Wildman–Crippen LogP) is 8.45. The molecule has 4 fully saturated rings. The number of hydrogen-bond acceptors (Lipinski definition) is 11. The van der Waals surface area contributed by atoms with Gasteiger partial charge in [0, 0.05) is 140 Å². The quantitative estimate of drug-likeness (QED) is 0.132. The first-order valence-electron chi connectivity index (χ1n) is 24.3. The van der Waals surface area contributed by atoms with Gasteiger partial charge < -0.3 is 24.6 Å². The van der Waals surface area contributed by atoms with Gasteiger partial charge in [-0.15, -0.1) is 0 Å². The summed E-state index contributed by atoms with van der Waals surface area (Å²) in [5.74, 6) is 1.76. The van der Waals surface area contributed by atoms with Crippen molar-refractivity contribution in [1.82, 2.24) is 44.7 Å². The second kappa shape index (κ2) is 17.2. The molecule has 7 heterocycles. The molecule has 6 aromatic rings. The molecule has 2 saturated heterocycles. The van der Waals surface area contributed by atoms with Crippen LogP contribution in [-0.2, 0) is 29.0 Å². The van der Waals surface area contributed by atoms with E-state index in [1.807, 2.05) is 22.0 Å². The molecule has 1 N–H and O–H groups in total. The van der Waals surface area contributed by atoms with E-state index in [1.165, 1.54) is 18.5 Å². The van der Waals surface area contributed by atoms with Crippen LogP contribution in [0.3, 0.4) is 0 Å². The third-order valence-corrected chi connectivity index (χ3v) is 16.2. The molecule has 11 rings (SSSR count). The van der Waals surface area contributed by atoms with Crippen LogP contribution in [0.2, 0.25) is 5.02 Å². The lowest BCUT2D eigenvalue weighted by atomic mass is 9.49. The SMILES string of the molecule is CC(=O)N1CCc2c(c(-c3cccc4cc(-c5cnn(CCC6CC7(C6)CN(c6ncc(C(=O)NC8C(C)(C)C(Oc9ccc(C#N)c(Cl)c9)C8(C)C)cn6)C7)c5)ncc34)nn2C2CCOCC2)C1. The van der Waals surface area contributed by atoms with Crippen LogP contribution in [0, 0.1) is 33.5 Å². The number of amides is 2. The summed E-state index contributed by atoms with van der Waals surface area (Å²) in [4.78, 5) is 44.3. The van der Waals surface area contributed by atoms with E-state index in [4.69, 9.17) is 36.3 Å². The number of aryl methyl sites for hydroxylation is 1. The van der Waals surface area contributed by atoms with Gasteiger partial charge in [0.25, 0.3) is 5.91 Å². The highest BCUT2D eigenvalue weighted by molar-refractivity contribution is 6.31. The van der Waals surface area contributed by atoms with Crippen molar-refractivity contribution in [2.24, 2.45) is 22.2 Å². The van der Waals surface area contributed by atoms with Crippen LogP contribution in [0.25, 0.3) is 33.3 Å². The highest BCUT2D eigenvalue weighted by Gasteiger charge is 2.64. The Kier molecular flexibility index (Phi) is 11.3. The number of carbonyl (C=O) groups excluding carboxylic acids is 2. The molecular weight excluding hydrogens is 890 g/mol. The Bertz CT molecular complexity index is 2990. The molecule has 2 aliphatic carbocycles. The van der Waals surface area contributed by atoms with Gasteiger partial charge >= 0.3 is 0 Å². The summed E-state index contributed by atoms with van der Waals surface area (Å²) in [6.45, 7) is 15.4. The number of nitrogens with zero attached hydrogens (tertiary/aromatic N) is 10. The molecule has 3 aliphatic heterocycles. The molecule has 69 heavy (non-hydrogen) atoms. The van der Waals surface area contributed by atoms with Crippen LogP contribution < -0.4 is 15.0 Å². The van der Waals surface area contributed by atoms with E-state index >= 15 is 0 Å². The first kappa shape index (κ1) is 45.1. The van der Waals surface area contributed by atoms with Crippen LogP contribution in [0.4, 0.5) is 5.95 Å². The number of rotatable bonds is 11. The Labute approximate surface area is 407 Å². The largest absolute Gasteiger partial charge is 0.489 e. The van der Waals surface area contributed by atoms with Crippen molar-refractivity contribution < 1.29 is 19.1 Å². The average molecular weight is 949 g/mol. The highest BCUT2D eigenvalue weighted by Crippen LogP contribution is 2.56. The molecule has 0 unspecified atom stereocenters. The molecule has 0 bridgehead atoms. The number of nitrogens with one attached hydrogen (secondary N) is 1. The lowest BCUT2D eigenvalue weighted by Gasteiger charge is -2.63. The number of anilines is 1. The second-order valence-corrected chi connectivity index (χ2v) is 21.7. The van der Waals surface area contributed by atoms with Crippen molar-refractivity contribution in [2.45, 2.75) is 104 Å². The number of carbonyl (C=O) groups is 2. The lowest BCUT2D eigenvalue weighted by Crippen LogP contribution is -2.74. The van der Waals surface area contributed by atoms with Crippen LogP contribution in [0.5, 0.6) is 5.75 Å². The summed E-state index contributed by atoms with van der Waals surface area (Å²) < 4.78 is 16.4. The molecule has 2 saturated carbocycles. The van der Waals surface area contributed by atoms with Crippen LogP contribution in [0.1, 0.15) is 99.9 Å². The molecule has 16 heteroatoms. The minimum absolute atomic E-state index is 0.0899. The summed E-state index contributed by atoms with van der Waals surface area (Å²) in [5, 5.41) is 25.0. The van der Waals surface area contributed by atoms with Crippen molar-refractivity contribution in [3.8, 4) is 34.3 Å². The van der Waals surface area contributed by atoms with E-state index in [0.29, 0.717) is 58.3 Å². The zero-order valence-corrected chi connectivity index (χ0v) is 40.7. The van der Waals surface area contributed by atoms with Gasteiger partial charge in [-0.05, 0) is 61.6 Å². The van der Waals surface area contributed by atoms with Gasteiger partial charge in [-0.3, -0.25) is 23.9 Å². The number of hydrogen-bond donors (Lipinski definition) is 1. The normalized spacial score (nSPS) is 21.5. The Morgan fingerprint density at radius 1 is 0.986 bits per heavy atom.